The fraction of sp³-hybridized carbons (Fsp3) is 0.688. The maximum absolute atomic E-state index is 12.4. The van der Waals surface area contributed by atoms with Crippen LogP contribution in [-0.4, -0.2) is 66.4 Å². The molecule has 0 aromatic carbocycles. The lowest BCUT2D eigenvalue weighted by atomic mass is 9.93. The van der Waals surface area contributed by atoms with Gasteiger partial charge in [-0.3, -0.25) is 4.79 Å². The summed E-state index contributed by atoms with van der Waals surface area (Å²) in [5, 5.41) is 0.790. The van der Waals surface area contributed by atoms with Crippen molar-refractivity contribution >= 4 is 39.4 Å². The third kappa shape index (κ3) is 4.40. The molecule has 3 rings (SSSR count). The van der Waals surface area contributed by atoms with E-state index in [1.807, 2.05) is 17.4 Å². The van der Waals surface area contributed by atoms with E-state index in [0.717, 1.165) is 54.5 Å². The number of carbonyl (C=O) groups excluding carboxylic acids is 1. The van der Waals surface area contributed by atoms with E-state index in [1.54, 1.807) is 11.8 Å². The SMILES string of the molecule is CSc1ncc(Br)c(N2CCC(CC(=O)N3CCOCC3)CC2)n1. The summed E-state index contributed by atoms with van der Waals surface area (Å²) in [6.45, 7) is 4.69. The zero-order valence-electron chi connectivity index (χ0n) is 13.9. The highest BCUT2D eigenvalue weighted by Gasteiger charge is 2.26. The summed E-state index contributed by atoms with van der Waals surface area (Å²) < 4.78 is 6.25. The van der Waals surface area contributed by atoms with Gasteiger partial charge in [-0.05, 0) is 40.9 Å². The Bertz CT molecular complexity index is 575. The first-order chi connectivity index (χ1) is 11.7. The lowest BCUT2D eigenvalue weighted by molar-refractivity contribution is -0.136. The monoisotopic (exact) mass is 414 g/mol. The molecule has 0 atom stereocenters. The summed E-state index contributed by atoms with van der Waals surface area (Å²) >= 11 is 5.10. The molecule has 3 heterocycles. The molecule has 0 N–H and O–H groups in total. The average Bonchev–Trinajstić information content (AvgIpc) is 2.63. The molecule has 1 aromatic rings. The highest BCUT2D eigenvalue weighted by Crippen LogP contribution is 2.30. The summed E-state index contributed by atoms with van der Waals surface area (Å²) in [5.74, 6) is 1.72. The summed E-state index contributed by atoms with van der Waals surface area (Å²) in [7, 11) is 0. The number of piperidine rings is 1. The smallest absolute Gasteiger partial charge is 0.223 e. The maximum Gasteiger partial charge on any atom is 0.223 e. The van der Waals surface area contributed by atoms with Crippen LogP contribution >= 0.6 is 27.7 Å². The molecule has 1 amide bonds. The second-order valence-corrected chi connectivity index (χ2v) is 7.78. The molecule has 1 aromatic heterocycles. The first kappa shape index (κ1) is 17.9. The molecule has 2 aliphatic rings. The average molecular weight is 415 g/mol. The van der Waals surface area contributed by atoms with Gasteiger partial charge in [-0.1, -0.05) is 11.8 Å². The Morgan fingerprint density at radius 3 is 2.71 bits per heavy atom. The van der Waals surface area contributed by atoms with Gasteiger partial charge in [-0.2, -0.15) is 0 Å². The van der Waals surface area contributed by atoms with Gasteiger partial charge in [0.2, 0.25) is 5.91 Å². The Morgan fingerprint density at radius 1 is 1.33 bits per heavy atom. The van der Waals surface area contributed by atoms with Gasteiger partial charge < -0.3 is 14.5 Å². The summed E-state index contributed by atoms with van der Waals surface area (Å²) in [6, 6.07) is 0. The predicted octanol–water partition coefficient (Wildman–Crippen LogP) is 2.43. The largest absolute Gasteiger partial charge is 0.378 e. The standard InChI is InChI=1S/C16H23BrN4O2S/c1-24-16-18-11-13(17)15(19-16)21-4-2-12(3-5-21)10-14(22)20-6-8-23-9-7-20/h11-12H,2-10H2,1H3. The lowest BCUT2D eigenvalue weighted by Crippen LogP contribution is -2.42. The van der Waals surface area contributed by atoms with Crippen molar-refractivity contribution in [3.8, 4) is 0 Å². The normalized spacial score (nSPS) is 19.6. The first-order valence-corrected chi connectivity index (χ1v) is 10.4. The van der Waals surface area contributed by atoms with Crippen molar-refractivity contribution in [2.24, 2.45) is 5.92 Å². The zero-order chi connectivity index (χ0) is 16.9. The topological polar surface area (TPSA) is 58.6 Å². The van der Waals surface area contributed by atoms with Gasteiger partial charge in [-0.15, -0.1) is 0 Å². The molecular weight excluding hydrogens is 392 g/mol. The van der Waals surface area contributed by atoms with E-state index in [1.165, 1.54) is 0 Å². The predicted molar refractivity (Wildman–Crippen MR) is 98.5 cm³/mol. The van der Waals surface area contributed by atoms with Gasteiger partial charge >= 0.3 is 0 Å². The van der Waals surface area contributed by atoms with Crippen molar-refractivity contribution in [2.75, 3.05) is 50.5 Å². The number of nitrogens with zero attached hydrogens (tertiary/aromatic N) is 4. The van der Waals surface area contributed by atoms with Crippen LogP contribution in [0.1, 0.15) is 19.3 Å². The van der Waals surface area contributed by atoms with Crippen molar-refractivity contribution in [3.63, 3.8) is 0 Å². The number of thioether (sulfide) groups is 1. The van der Waals surface area contributed by atoms with Crippen LogP contribution in [0.5, 0.6) is 0 Å². The molecule has 0 saturated carbocycles. The van der Waals surface area contributed by atoms with Crippen LogP contribution in [0.25, 0.3) is 0 Å². The zero-order valence-corrected chi connectivity index (χ0v) is 16.3. The number of aromatic nitrogens is 2. The minimum absolute atomic E-state index is 0.282. The number of halogens is 1. The highest BCUT2D eigenvalue weighted by atomic mass is 79.9. The number of morpholine rings is 1. The van der Waals surface area contributed by atoms with Crippen molar-refractivity contribution in [1.29, 1.82) is 0 Å². The Hall–Kier alpha value is -0.860. The van der Waals surface area contributed by atoms with E-state index in [9.17, 15) is 4.79 Å². The molecule has 0 bridgehead atoms. The van der Waals surface area contributed by atoms with Gasteiger partial charge in [0.25, 0.3) is 0 Å². The molecule has 132 valence electrons. The number of amides is 1. The number of rotatable bonds is 4. The van der Waals surface area contributed by atoms with E-state index in [2.05, 4.69) is 30.8 Å². The van der Waals surface area contributed by atoms with Gasteiger partial charge in [0.05, 0.1) is 17.7 Å². The molecule has 2 fully saturated rings. The molecular formula is C16H23BrN4O2S. The van der Waals surface area contributed by atoms with Gasteiger partial charge in [0.1, 0.15) is 5.82 Å². The third-order valence-corrected chi connectivity index (χ3v) is 5.75. The molecule has 24 heavy (non-hydrogen) atoms. The number of carbonyl (C=O) groups is 1. The fourth-order valence-corrected chi connectivity index (χ4v) is 3.98. The molecule has 6 nitrogen and oxygen atoms in total. The molecule has 0 spiro atoms. The Kier molecular flexibility index (Phi) is 6.35. The van der Waals surface area contributed by atoms with Crippen LogP contribution in [0.4, 0.5) is 5.82 Å². The van der Waals surface area contributed by atoms with Crippen molar-refractivity contribution in [1.82, 2.24) is 14.9 Å². The van der Waals surface area contributed by atoms with Crippen LogP contribution in [-0.2, 0) is 9.53 Å². The van der Waals surface area contributed by atoms with Gasteiger partial charge in [-0.25, -0.2) is 9.97 Å². The number of anilines is 1. The fourth-order valence-electron chi connectivity index (χ4n) is 3.20. The van der Waals surface area contributed by atoms with Crippen LogP contribution in [0.2, 0.25) is 0 Å². The van der Waals surface area contributed by atoms with Gasteiger partial charge in [0.15, 0.2) is 5.16 Å². The lowest BCUT2D eigenvalue weighted by Gasteiger charge is -2.34. The van der Waals surface area contributed by atoms with Crippen LogP contribution in [0, 0.1) is 5.92 Å². The number of ether oxygens (including phenoxy) is 1. The summed E-state index contributed by atoms with van der Waals surface area (Å²) in [6.07, 6.45) is 6.52. The van der Waals surface area contributed by atoms with Crippen LogP contribution < -0.4 is 4.90 Å². The summed E-state index contributed by atoms with van der Waals surface area (Å²) in [5.41, 5.74) is 0. The van der Waals surface area contributed by atoms with E-state index >= 15 is 0 Å². The van der Waals surface area contributed by atoms with Crippen molar-refractivity contribution in [2.45, 2.75) is 24.4 Å². The Morgan fingerprint density at radius 2 is 2.04 bits per heavy atom. The molecule has 8 heteroatoms. The first-order valence-electron chi connectivity index (χ1n) is 8.34. The second kappa shape index (κ2) is 8.49. The van der Waals surface area contributed by atoms with Crippen molar-refractivity contribution < 1.29 is 9.53 Å². The van der Waals surface area contributed by atoms with E-state index < -0.39 is 0 Å². The van der Waals surface area contributed by atoms with E-state index in [4.69, 9.17) is 4.74 Å². The summed E-state index contributed by atoms with van der Waals surface area (Å²) in [4.78, 5) is 25.5. The molecule has 0 unspecified atom stereocenters. The van der Waals surface area contributed by atoms with Crippen molar-refractivity contribution in [3.05, 3.63) is 10.7 Å². The molecule has 2 aliphatic heterocycles. The quantitative estimate of drug-likeness (QED) is 0.556. The van der Waals surface area contributed by atoms with Crippen LogP contribution in [0.3, 0.4) is 0 Å². The third-order valence-electron chi connectivity index (χ3n) is 4.63. The molecule has 0 radical (unpaired) electrons. The van der Waals surface area contributed by atoms with Crippen LogP contribution in [0.15, 0.2) is 15.8 Å². The molecule has 2 saturated heterocycles. The second-order valence-electron chi connectivity index (χ2n) is 6.16. The Labute approximate surface area is 155 Å². The van der Waals surface area contributed by atoms with E-state index in [-0.39, 0.29) is 5.91 Å². The number of hydrogen-bond donors (Lipinski definition) is 0. The maximum atomic E-state index is 12.4. The van der Waals surface area contributed by atoms with Gasteiger partial charge in [0, 0.05) is 38.8 Å². The number of hydrogen-bond acceptors (Lipinski definition) is 6. The minimum atomic E-state index is 0.282. The van der Waals surface area contributed by atoms with E-state index in [0.29, 0.717) is 25.6 Å². The Balaban J connectivity index is 1.53. The molecule has 0 aliphatic carbocycles. The highest BCUT2D eigenvalue weighted by molar-refractivity contribution is 9.10. The minimum Gasteiger partial charge on any atom is -0.378 e.